The zero-order valence-corrected chi connectivity index (χ0v) is 9.88. The summed E-state index contributed by atoms with van der Waals surface area (Å²) in [7, 11) is 0. The van der Waals surface area contributed by atoms with Crippen molar-refractivity contribution < 1.29 is 9.18 Å². The molecule has 0 radical (unpaired) electrons. The molecule has 0 saturated carbocycles. The lowest BCUT2D eigenvalue weighted by Gasteiger charge is -2.05. The highest BCUT2D eigenvalue weighted by Gasteiger charge is 2.11. The first-order chi connectivity index (χ1) is 9.29. The monoisotopic (exact) mass is 252 g/mol. The van der Waals surface area contributed by atoms with Crippen molar-refractivity contribution in [2.24, 2.45) is 0 Å². The molecule has 0 amide bonds. The summed E-state index contributed by atoms with van der Waals surface area (Å²) in [5.74, 6) is -0.218. The molecule has 3 rings (SSSR count). The minimum atomic E-state index is -0.566. The second-order valence-electron chi connectivity index (χ2n) is 4.07. The first kappa shape index (κ1) is 11.5. The number of hydrogen-bond donors (Lipinski definition) is 0. The molecule has 2 aromatic carbocycles. The predicted octanol–water partition coefficient (Wildman–Crippen LogP) is 3.25. The van der Waals surface area contributed by atoms with Gasteiger partial charge >= 0.3 is 0 Å². The van der Waals surface area contributed by atoms with Crippen LogP contribution in [0.5, 0.6) is 0 Å². The predicted molar refractivity (Wildman–Crippen MR) is 70.3 cm³/mol. The third kappa shape index (κ3) is 1.97. The highest BCUT2D eigenvalue weighted by Crippen LogP contribution is 2.22. The molecule has 0 aliphatic heterocycles. The van der Waals surface area contributed by atoms with Crippen LogP contribution in [0.3, 0.4) is 0 Å². The lowest BCUT2D eigenvalue weighted by molar-refractivity contribution is 0.112. The summed E-state index contributed by atoms with van der Waals surface area (Å²) in [6.07, 6.45) is 2.15. The van der Waals surface area contributed by atoms with Gasteiger partial charge < -0.3 is 0 Å². The first-order valence-electron chi connectivity index (χ1n) is 5.75. The fraction of sp³-hybridized carbons (Fsp3) is 0. The number of fused-ring (bicyclic) bond motifs is 1. The number of benzene rings is 2. The van der Waals surface area contributed by atoms with Gasteiger partial charge in [-0.15, -0.1) is 0 Å². The maximum Gasteiger partial charge on any atom is 0.160 e. The molecule has 1 aromatic heterocycles. The Labute approximate surface area is 108 Å². The maximum absolute atomic E-state index is 13.6. The Morgan fingerprint density at radius 3 is 2.74 bits per heavy atom. The summed E-state index contributed by atoms with van der Waals surface area (Å²) in [6, 6.07) is 11.9. The van der Waals surface area contributed by atoms with Crippen LogP contribution in [0.25, 0.3) is 22.3 Å². The molecular weight excluding hydrogens is 243 g/mol. The van der Waals surface area contributed by atoms with Crippen molar-refractivity contribution >= 4 is 17.2 Å². The van der Waals surface area contributed by atoms with Gasteiger partial charge in [0, 0.05) is 17.1 Å². The zero-order valence-electron chi connectivity index (χ0n) is 9.88. The van der Waals surface area contributed by atoms with Gasteiger partial charge in [-0.05, 0) is 12.1 Å². The molecule has 0 fully saturated rings. The Morgan fingerprint density at radius 2 is 1.89 bits per heavy atom. The van der Waals surface area contributed by atoms with E-state index in [0.717, 1.165) is 10.9 Å². The molecule has 92 valence electrons. The van der Waals surface area contributed by atoms with Crippen LogP contribution < -0.4 is 0 Å². The van der Waals surface area contributed by atoms with E-state index in [-0.39, 0.29) is 5.56 Å². The highest BCUT2D eigenvalue weighted by molar-refractivity contribution is 5.87. The lowest BCUT2D eigenvalue weighted by Crippen LogP contribution is -1.96. The molecule has 19 heavy (non-hydrogen) atoms. The maximum atomic E-state index is 13.6. The lowest BCUT2D eigenvalue weighted by atomic mass is 10.1. The molecule has 0 N–H and O–H groups in total. The molecule has 3 aromatic rings. The van der Waals surface area contributed by atoms with E-state index in [4.69, 9.17) is 0 Å². The van der Waals surface area contributed by atoms with Gasteiger partial charge in [0.05, 0.1) is 11.1 Å². The van der Waals surface area contributed by atoms with Crippen LogP contribution in [0, 0.1) is 5.82 Å². The van der Waals surface area contributed by atoms with E-state index in [1.807, 2.05) is 24.3 Å². The number of nitrogens with zero attached hydrogens (tertiary/aromatic N) is 2. The summed E-state index contributed by atoms with van der Waals surface area (Å²) in [5, 5.41) is 0.898. The van der Waals surface area contributed by atoms with E-state index in [2.05, 4.69) is 9.97 Å². The second-order valence-corrected chi connectivity index (χ2v) is 4.07. The number of aldehydes is 1. The molecule has 3 nitrogen and oxygen atoms in total. The van der Waals surface area contributed by atoms with Gasteiger partial charge in [-0.25, -0.2) is 14.4 Å². The van der Waals surface area contributed by atoms with Crippen molar-refractivity contribution in [3.63, 3.8) is 0 Å². The average molecular weight is 252 g/mol. The van der Waals surface area contributed by atoms with Gasteiger partial charge in [0.25, 0.3) is 0 Å². The second kappa shape index (κ2) is 4.57. The van der Waals surface area contributed by atoms with Crippen LogP contribution in [0.2, 0.25) is 0 Å². The van der Waals surface area contributed by atoms with Crippen LogP contribution in [0.4, 0.5) is 4.39 Å². The van der Waals surface area contributed by atoms with Crippen LogP contribution in [0.15, 0.2) is 48.7 Å². The quantitative estimate of drug-likeness (QED) is 0.657. The van der Waals surface area contributed by atoms with Crippen molar-refractivity contribution in [1.82, 2.24) is 9.97 Å². The zero-order chi connectivity index (χ0) is 13.2. The Balaban J connectivity index is 2.24. The molecule has 0 aliphatic rings. The Morgan fingerprint density at radius 1 is 1.05 bits per heavy atom. The van der Waals surface area contributed by atoms with E-state index in [1.54, 1.807) is 12.3 Å². The largest absolute Gasteiger partial charge is 0.298 e. The number of rotatable bonds is 2. The van der Waals surface area contributed by atoms with Crippen LogP contribution in [-0.2, 0) is 0 Å². The molecule has 0 bridgehead atoms. The summed E-state index contributed by atoms with van der Waals surface area (Å²) in [4.78, 5) is 19.5. The fourth-order valence-electron chi connectivity index (χ4n) is 1.95. The Kier molecular flexibility index (Phi) is 2.76. The highest BCUT2D eigenvalue weighted by atomic mass is 19.1. The molecule has 0 unspecified atom stereocenters. The van der Waals surface area contributed by atoms with Gasteiger partial charge in [0.15, 0.2) is 12.1 Å². The molecule has 0 spiro atoms. The van der Waals surface area contributed by atoms with Crippen molar-refractivity contribution in [3.8, 4) is 11.4 Å². The van der Waals surface area contributed by atoms with Crippen molar-refractivity contribution in [2.75, 3.05) is 0 Å². The van der Waals surface area contributed by atoms with Crippen molar-refractivity contribution in [2.45, 2.75) is 0 Å². The third-order valence-electron chi connectivity index (χ3n) is 2.90. The summed E-state index contributed by atoms with van der Waals surface area (Å²) < 4.78 is 13.6. The summed E-state index contributed by atoms with van der Waals surface area (Å²) >= 11 is 0. The number of carbonyl (C=O) groups is 1. The first-order valence-corrected chi connectivity index (χ1v) is 5.75. The minimum absolute atomic E-state index is 0.0159. The average Bonchev–Trinajstić information content (AvgIpc) is 2.46. The smallest absolute Gasteiger partial charge is 0.160 e. The molecule has 0 aliphatic carbocycles. The molecule has 0 saturated heterocycles. The summed E-state index contributed by atoms with van der Waals surface area (Å²) in [5.41, 5.74) is 1.15. The molecule has 4 heteroatoms. The Bertz CT molecular complexity index is 771. The summed E-state index contributed by atoms with van der Waals surface area (Å²) in [6.45, 7) is 0. The Hall–Kier alpha value is -2.62. The SMILES string of the molecule is O=Cc1c(F)cccc1-c1ncc2ccccc2n1. The fourth-order valence-corrected chi connectivity index (χ4v) is 1.95. The van der Waals surface area contributed by atoms with E-state index >= 15 is 0 Å². The van der Waals surface area contributed by atoms with Crippen LogP contribution in [0.1, 0.15) is 10.4 Å². The minimum Gasteiger partial charge on any atom is -0.298 e. The standard InChI is InChI=1S/C15H9FN2O/c16-13-6-3-5-11(12(13)9-19)15-17-8-10-4-1-2-7-14(10)18-15/h1-9H. The van der Waals surface area contributed by atoms with Crippen LogP contribution >= 0.6 is 0 Å². The van der Waals surface area contributed by atoms with Crippen molar-refractivity contribution in [3.05, 3.63) is 60.0 Å². The number of aromatic nitrogens is 2. The van der Waals surface area contributed by atoms with E-state index < -0.39 is 5.82 Å². The number of para-hydroxylation sites is 1. The number of carbonyl (C=O) groups excluding carboxylic acids is 1. The number of hydrogen-bond acceptors (Lipinski definition) is 3. The van der Waals surface area contributed by atoms with E-state index in [1.165, 1.54) is 12.1 Å². The molecular formula is C15H9FN2O. The van der Waals surface area contributed by atoms with Gasteiger partial charge in [-0.1, -0.05) is 30.3 Å². The van der Waals surface area contributed by atoms with Gasteiger partial charge in [0.1, 0.15) is 5.82 Å². The molecule has 1 heterocycles. The normalized spacial score (nSPS) is 10.6. The van der Waals surface area contributed by atoms with E-state index in [9.17, 15) is 9.18 Å². The van der Waals surface area contributed by atoms with Crippen LogP contribution in [-0.4, -0.2) is 16.3 Å². The van der Waals surface area contributed by atoms with Gasteiger partial charge in [-0.2, -0.15) is 0 Å². The third-order valence-corrected chi connectivity index (χ3v) is 2.90. The number of halogens is 1. The van der Waals surface area contributed by atoms with Gasteiger partial charge in [-0.3, -0.25) is 4.79 Å². The van der Waals surface area contributed by atoms with Crippen molar-refractivity contribution in [1.29, 1.82) is 0 Å². The molecule has 0 atom stereocenters. The van der Waals surface area contributed by atoms with E-state index in [0.29, 0.717) is 17.7 Å². The van der Waals surface area contributed by atoms with Gasteiger partial charge in [0.2, 0.25) is 0 Å². The topological polar surface area (TPSA) is 42.9 Å².